The first-order valence-electron chi connectivity index (χ1n) is 13.6. The molecular formula is C34H26F3N3O3. The molecule has 1 amide bonds. The van der Waals surface area contributed by atoms with Crippen LogP contribution in [0.15, 0.2) is 95.8 Å². The highest BCUT2D eigenvalue weighted by Gasteiger charge is 2.30. The van der Waals surface area contributed by atoms with Crippen molar-refractivity contribution < 1.29 is 23.1 Å². The molecule has 0 bridgehead atoms. The van der Waals surface area contributed by atoms with Gasteiger partial charge in [-0.15, -0.1) is 0 Å². The van der Waals surface area contributed by atoms with Crippen LogP contribution in [0.2, 0.25) is 0 Å². The molecule has 9 heteroatoms. The number of aromatic nitrogens is 2. The minimum Gasteiger partial charge on any atom is -0.507 e. The summed E-state index contributed by atoms with van der Waals surface area (Å²) in [6.07, 6.45) is 0.225. The first kappa shape index (κ1) is 27.8. The lowest BCUT2D eigenvalue weighted by Gasteiger charge is -2.22. The van der Waals surface area contributed by atoms with Crippen molar-refractivity contribution in [2.24, 2.45) is 7.05 Å². The molecule has 0 aliphatic heterocycles. The van der Waals surface area contributed by atoms with Gasteiger partial charge in [-0.3, -0.25) is 9.59 Å². The lowest BCUT2D eigenvalue weighted by Crippen LogP contribution is -2.28. The maximum Gasteiger partial charge on any atom is 0.258 e. The maximum atomic E-state index is 14.7. The molecule has 0 aliphatic carbocycles. The average Bonchev–Trinajstić information content (AvgIpc) is 3.37. The second-order valence-corrected chi connectivity index (χ2v) is 10.3. The van der Waals surface area contributed by atoms with Crippen molar-refractivity contribution in [2.75, 3.05) is 6.54 Å². The summed E-state index contributed by atoms with van der Waals surface area (Å²) in [5.41, 5.74) is 2.13. The zero-order chi connectivity index (χ0) is 30.2. The first-order chi connectivity index (χ1) is 20.8. The molecule has 6 rings (SSSR count). The number of para-hydroxylation sites is 2. The minimum absolute atomic E-state index is 0.0429. The standard InChI is InChI=1S/C34H26F3N3O3/c1-40-27-15-5-3-11-23(27)32(41)29(34(40)43)28(19-8-6-9-20(35)18-19)31-22(21-10-2-4-14-26(21)39-31)16-17-38-33(42)24-12-7-13-25(36)30(24)37/h2-15,18,28,39,41H,16-17H2,1H3,(H,38,42). The number of pyridine rings is 1. The highest BCUT2D eigenvalue weighted by atomic mass is 19.2. The topological polar surface area (TPSA) is 87.1 Å². The molecule has 2 heterocycles. The number of rotatable bonds is 7. The summed E-state index contributed by atoms with van der Waals surface area (Å²) in [6.45, 7) is 0.0429. The molecule has 0 spiro atoms. The summed E-state index contributed by atoms with van der Waals surface area (Å²) in [5.74, 6) is -4.78. The van der Waals surface area contributed by atoms with Crippen LogP contribution in [0.4, 0.5) is 13.2 Å². The number of carbonyl (C=O) groups is 1. The second-order valence-electron chi connectivity index (χ2n) is 10.3. The van der Waals surface area contributed by atoms with E-state index < -0.39 is 40.4 Å². The van der Waals surface area contributed by atoms with E-state index in [9.17, 15) is 27.9 Å². The van der Waals surface area contributed by atoms with Crippen LogP contribution >= 0.6 is 0 Å². The maximum absolute atomic E-state index is 14.7. The van der Waals surface area contributed by atoms with Gasteiger partial charge < -0.3 is 20.0 Å². The predicted molar refractivity (Wildman–Crippen MR) is 159 cm³/mol. The van der Waals surface area contributed by atoms with Crippen molar-refractivity contribution in [1.29, 1.82) is 0 Å². The predicted octanol–water partition coefficient (Wildman–Crippen LogP) is 6.30. The largest absolute Gasteiger partial charge is 0.507 e. The quantitative estimate of drug-likeness (QED) is 0.207. The van der Waals surface area contributed by atoms with E-state index in [2.05, 4.69) is 10.3 Å². The summed E-state index contributed by atoms with van der Waals surface area (Å²) >= 11 is 0. The Balaban J connectivity index is 1.50. The van der Waals surface area contributed by atoms with Crippen molar-refractivity contribution in [1.82, 2.24) is 14.9 Å². The van der Waals surface area contributed by atoms with E-state index in [1.807, 2.05) is 24.3 Å². The van der Waals surface area contributed by atoms with E-state index in [0.717, 1.165) is 17.0 Å². The number of nitrogens with zero attached hydrogens (tertiary/aromatic N) is 1. The Morgan fingerprint density at radius 2 is 1.65 bits per heavy atom. The monoisotopic (exact) mass is 581 g/mol. The van der Waals surface area contributed by atoms with E-state index in [4.69, 9.17) is 0 Å². The molecule has 43 heavy (non-hydrogen) atoms. The molecule has 6 nitrogen and oxygen atoms in total. The minimum atomic E-state index is -1.23. The highest BCUT2D eigenvalue weighted by Crippen LogP contribution is 2.41. The van der Waals surface area contributed by atoms with Crippen LogP contribution in [0.25, 0.3) is 21.8 Å². The van der Waals surface area contributed by atoms with Gasteiger partial charge in [0.05, 0.1) is 22.6 Å². The van der Waals surface area contributed by atoms with Gasteiger partial charge >= 0.3 is 0 Å². The summed E-state index contributed by atoms with van der Waals surface area (Å²) in [5, 5.41) is 15.5. The van der Waals surface area contributed by atoms with Crippen LogP contribution in [0, 0.1) is 17.5 Å². The van der Waals surface area contributed by atoms with Crippen LogP contribution in [0.3, 0.4) is 0 Å². The normalized spacial score (nSPS) is 12.1. The lowest BCUT2D eigenvalue weighted by atomic mass is 9.85. The number of amides is 1. The van der Waals surface area contributed by atoms with Crippen LogP contribution < -0.4 is 10.9 Å². The van der Waals surface area contributed by atoms with Gasteiger partial charge in [-0.2, -0.15) is 0 Å². The van der Waals surface area contributed by atoms with E-state index in [1.165, 1.54) is 34.9 Å². The van der Waals surface area contributed by atoms with E-state index in [0.29, 0.717) is 27.7 Å². The Hall–Kier alpha value is -5.31. The van der Waals surface area contributed by atoms with Crippen molar-refractivity contribution in [3.63, 3.8) is 0 Å². The van der Waals surface area contributed by atoms with Crippen molar-refractivity contribution in [3.8, 4) is 5.75 Å². The zero-order valence-corrected chi connectivity index (χ0v) is 23.0. The third-order valence-electron chi connectivity index (χ3n) is 7.77. The number of hydrogen-bond acceptors (Lipinski definition) is 3. The SMILES string of the molecule is Cn1c(=O)c(C(c2cccc(F)c2)c2[nH]c3ccccc3c2CCNC(=O)c2cccc(F)c2F)c(O)c2ccccc21. The Bertz CT molecular complexity index is 2080. The number of aromatic hydroxyl groups is 1. The number of aromatic amines is 1. The molecule has 1 unspecified atom stereocenters. The van der Waals surface area contributed by atoms with Gasteiger partial charge in [-0.05, 0) is 60.0 Å². The number of benzene rings is 4. The molecule has 3 N–H and O–H groups in total. The molecule has 4 aromatic carbocycles. The lowest BCUT2D eigenvalue weighted by molar-refractivity contribution is 0.0949. The molecule has 0 saturated carbocycles. The summed E-state index contributed by atoms with van der Waals surface area (Å²) in [4.78, 5) is 30.0. The fourth-order valence-corrected chi connectivity index (χ4v) is 5.74. The van der Waals surface area contributed by atoms with Gasteiger partial charge in [-0.1, -0.05) is 48.5 Å². The van der Waals surface area contributed by atoms with Crippen LogP contribution in [0.5, 0.6) is 5.75 Å². The summed E-state index contributed by atoms with van der Waals surface area (Å²) < 4.78 is 44.0. The Morgan fingerprint density at radius 3 is 2.44 bits per heavy atom. The van der Waals surface area contributed by atoms with Gasteiger partial charge in [0.2, 0.25) is 0 Å². The third kappa shape index (κ3) is 4.92. The van der Waals surface area contributed by atoms with Gasteiger partial charge in [0.15, 0.2) is 11.6 Å². The van der Waals surface area contributed by atoms with Crippen LogP contribution in [0.1, 0.15) is 38.7 Å². The molecular weight excluding hydrogens is 555 g/mol. The Kier molecular flexibility index (Phi) is 7.23. The first-order valence-corrected chi connectivity index (χ1v) is 13.6. The number of hydrogen-bond donors (Lipinski definition) is 3. The number of aryl methyl sites for hydroxylation is 1. The molecule has 6 aromatic rings. The van der Waals surface area contributed by atoms with Crippen molar-refractivity contribution in [2.45, 2.75) is 12.3 Å². The Morgan fingerprint density at radius 1 is 0.930 bits per heavy atom. The summed E-state index contributed by atoms with van der Waals surface area (Å²) in [7, 11) is 1.61. The van der Waals surface area contributed by atoms with E-state index in [1.54, 1.807) is 37.4 Å². The summed E-state index contributed by atoms with van der Waals surface area (Å²) in [6, 6.07) is 23.6. The zero-order valence-electron chi connectivity index (χ0n) is 23.0. The number of halogens is 3. The average molecular weight is 582 g/mol. The number of fused-ring (bicyclic) bond motifs is 2. The molecule has 0 saturated heterocycles. The van der Waals surface area contributed by atoms with E-state index >= 15 is 0 Å². The molecule has 1 atom stereocenters. The molecule has 2 aromatic heterocycles. The van der Waals surface area contributed by atoms with Crippen molar-refractivity contribution >= 4 is 27.7 Å². The van der Waals surface area contributed by atoms with Gasteiger partial charge in [0.25, 0.3) is 11.5 Å². The number of carbonyl (C=O) groups excluding carboxylic acids is 1. The highest BCUT2D eigenvalue weighted by molar-refractivity contribution is 5.94. The fraction of sp³-hybridized carbons (Fsp3) is 0.118. The van der Waals surface area contributed by atoms with Crippen molar-refractivity contribution in [3.05, 3.63) is 147 Å². The van der Waals surface area contributed by atoms with E-state index in [-0.39, 0.29) is 24.3 Å². The van der Waals surface area contributed by atoms with Gasteiger partial charge in [0.1, 0.15) is 11.6 Å². The van der Waals surface area contributed by atoms with Crippen LogP contribution in [-0.2, 0) is 13.5 Å². The molecule has 0 fully saturated rings. The molecule has 0 radical (unpaired) electrons. The van der Waals surface area contributed by atoms with Gasteiger partial charge in [-0.25, -0.2) is 13.2 Å². The fourth-order valence-electron chi connectivity index (χ4n) is 5.74. The third-order valence-corrected chi connectivity index (χ3v) is 7.77. The van der Waals surface area contributed by atoms with Gasteiger partial charge in [0, 0.05) is 35.6 Å². The van der Waals surface area contributed by atoms with Crippen LogP contribution in [-0.4, -0.2) is 27.1 Å². The molecule has 0 aliphatic rings. The second kappa shape index (κ2) is 11.2. The Labute approximate surface area is 244 Å². The molecule has 216 valence electrons. The smallest absolute Gasteiger partial charge is 0.258 e. The number of H-pyrrole nitrogens is 1. The number of nitrogens with one attached hydrogen (secondary N) is 2.